The van der Waals surface area contributed by atoms with Gasteiger partial charge in [0.05, 0.1) is 24.2 Å². The van der Waals surface area contributed by atoms with Crippen LogP contribution in [0.5, 0.6) is 0 Å². The molecule has 0 bridgehead atoms. The van der Waals surface area contributed by atoms with Crippen molar-refractivity contribution in [2.45, 2.75) is 18.9 Å². The lowest BCUT2D eigenvalue weighted by molar-refractivity contribution is 0.197. The molecule has 2 aromatic carbocycles. The molecule has 0 saturated heterocycles. The van der Waals surface area contributed by atoms with Gasteiger partial charge in [0, 0.05) is 5.69 Å². The maximum atomic E-state index is 12.7. The topological polar surface area (TPSA) is 56.1 Å². The molecule has 1 N–H and O–H groups in total. The molecule has 0 fully saturated rings. The molecule has 0 saturated carbocycles. The Labute approximate surface area is 141 Å². The van der Waals surface area contributed by atoms with Crippen LogP contribution in [0.2, 0.25) is 0 Å². The highest BCUT2D eigenvalue weighted by Gasteiger charge is 2.30. The fourth-order valence-corrected chi connectivity index (χ4v) is 3.10. The number of hydrogen-bond donors (Lipinski definition) is 1. The number of urea groups is 1. The molecule has 0 heterocycles. The summed E-state index contributed by atoms with van der Waals surface area (Å²) in [6.07, 6.45) is 7.31. The van der Waals surface area contributed by atoms with E-state index in [9.17, 15) is 4.79 Å². The largest absolute Gasteiger partial charge is 0.323 e. The van der Waals surface area contributed by atoms with Crippen LogP contribution in [0.15, 0.2) is 48.5 Å². The first-order valence-corrected chi connectivity index (χ1v) is 7.82. The number of amides is 2. The first-order valence-electron chi connectivity index (χ1n) is 7.82. The molecule has 0 spiro atoms. The minimum Gasteiger partial charge on any atom is -0.308 e. The third kappa shape index (κ3) is 3.09. The highest BCUT2D eigenvalue weighted by atomic mass is 16.2. The maximum Gasteiger partial charge on any atom is 0.323 e. The molecule has 1 aliphatic rings. The van der Waals surface area contributed by atoms with Crippen LogP contribution in [0.25, 0.3) is 0 Å². The number of benzene rings is 2. The predicted octanol–water partition coefficient (Wildman–Crippen LogP) is 3.71. The van der Waals surface area contributed by atoms with E-state index in [-0.39, 0.29) is 18.6 Å². The normalized spacial score (nSPS) is 15.0. The van der Waals surface area contributed by atoms with Crippen molar-refractivity contribution in [2.24, 2.45) is 0 Å². The monoisotopic (exact) mass is 315 g/mol. The lowest BCUT2D eigenvalue weighted by Gasteiger charge is -2.28. The molecule has 1 unspecified atom stereocenters. The van der Waals surface area contributed by atoms with Crippen LogP contribution in [0.3, 0.4) is 0 Å². The van der Waals surface area contributed by atoms with Crippen molar-refractivity contribution < 1.29 is 4.79 Å². The van der Waals surface area contributed by atoms with Crippen LogP contribution in [0.4, 0.5) is 10.5 Å². The van der Waals surface area contributed by atoms with Gasteiger partial charge in [-0.2, -0.15) is 5.26 Å². The SMILES string of the molecule is C#CCN(C(=O)Nc1ccc(C#N)cc1)C1CCc2ccccc21. The van der Waals surface area contributed by atoms with Crippen molar-refractivity contribution in [2.75, 3.05) is 11.9 Å². The molecule has 24 heavy (non-hydrogen) atoms. The summed E-state index contributed by atoms with van der Waals surface area (Å²) in [7, 11) is 0. The van der Waals surface area contributed by atoms with Crippen LogP contribution >= 0.6 is 0 Å². The number of fused-ring (bicyclic) bond motifs is 1. The predicted molar refractivity (Wildman–Crippen MR) is 93.2 cm³/mol. The van der Waals surface area contributed by atoms with E-state index in [0.29, 0.717) is 11.3 Å². The van der Waals surface area contributed by atoms with Crippen molar-refractivity contribution in [1.29, 1.82) is 5.26 Å². The number of carbonyl (C=O) groups excluding carboxylic acids is 1. The molecule has 1 aliphatic carbocycles. The van der Waals surface area contributed by atoms with Gasteiger partial charge in [0.25, 0.3) is 0 Å². The summed E-state index contributed by atoms with van der Waals surface area (Å²) in [4.78, 5) is 14.4. The standard InChI is InChI=1S/C20H17N3O/c1-2-13-23(19-12-9-16-5-3-4-6-18(16)19)20(24)22-17-10-7-15(14-21)8-11-17/h1,3-8,10-11,19H,9,12-13H2,(H,22,24). The molecular formula is C20H17N3O. The van der Waals surface area contributed by atoms with Crippen molar-refractivity contribution in [3.63, 3.8) is 0 Å². The van der Waals surface area contributed by atoms with Gasteiger partial charge in [-0.3, -0.25) is 0 Å². The van der Waals surface area contributed by atoms with Gasteiger partial charge in [-0.1, -0.05) is 30.2 Å². The molecule has 4 heteroatoms. The number of rotatable bonds is 3. The summed E-state index contributed by atoms with van der Waals surface area (Å²) in [6.45, 7) is 0.251. The highest BCUT2D eigenvalue weighted by Crippen LogP contribution is 2.35. The van der Waals surface area contributed by atoms with Crippen molar-refractivity contribution >= 4 is 11.7 Å². The van der Waals surface area contributed by atoms with E-state index in [1.807, 2.05) is 12.1 Å². The molecule has 2 aromatic rings. The van der Waals surface area contributed by atoms with Crippen LogP contribution in [-0.2, 0) is 6.42 Å². The Kier molecular flexibility index (Phi) is 4.50. The van der Waals surface area contributed by atoms with Gasteiger partial charge >= 0.3 is 6.03 Å². The summed E-state index contributed by atoms with van der Waals surface area (Å²) in [5.74, 6) is 2.58. The van der Waals surface area contributed by atoms with E-state index < -0.39 is 0 Å². The van der Waals surface area contributed by atoms with Gasteiger partial charge in [-0.25, -0.2) is 4.79 Å². The van der Waals surface area contributed by atoms with Crippen molar-refractivity contribution in [1.82, 2.24) is 4.90 Å². The number of terminal acetylenes is 1. The van der Waals surface area contributed by atoms with Gasteiger partial charge in [0.2, 0.25) is 0 Å². The third-order valence-corrected chi connectivity index (χ3v) is 4.27. The van der Waals surface area contributed by atoms with Crippen LogP contribution in [0, 0.1) is 23.7 Å². The minimum absolute atomic E-state index is 0.00404. The first-order chi connectivity index (χ1) is 11.7. The first kappa shape index (κ1) is 15.6. The number of carbonyl (C=O) groups is 1. The lowest BCUT2D eigenvalue weighted by Crippen LogP contribution is -2.37. The number of hydrogen-bond acceptors (Lipinski definition) is 2. The molecule has 0 radical (unpaired) electrons. The highest BCUT2D eigenvalue weighted by molar-refractivity contribution is 5.90. The molecule has 4 nitrogen and oxygen atoms in total. The summed E-state index contributed by atoms with van der Waals surface area (Å²) in [5, 5.41) is 11.7. The van der Waals surface area contributed by atoms with Crippen LogP contribution in [0.1, 0.15) is 29.2 Å². The fourth-order valence-electron chi connectivity index (χ4n) is 3.10. The van der Waals surface area contributed by atoms with Gasteiger partial charge in [-0.15, -0.1) is 6.42 Å². The summed E-state index contributed by atoms with van der Waals surface area (Å²) in [6, 6.07) is 16.8. The molecule has 1 atom stereocenters. The minimum atomic E-state index is -0.223. The Bertz CT molecular complexity index is 827. The van der Waals surface area contributed by atoms with Crippen molar-refractivity contribution in [3.05, 3.63) is 65.2 Å². The molecular weight excluding hydrogens is 298 g/mol. The van der Waals surface area contributed by atoms with E-state index >= 15 is 0 Å². The summed E-state index contributed by atoms with van der Waals surface area (Å²) < 4.78 is 0. The second-order valence-electron chi connectivity index (χ2n) is 5.70. The Morgan fingerprint density at radius 1 is 1.25 bits per heavy atom. The van der Waals surface area contributed by atoms with Crippen LogP contribution in [-0.4, -0.2) is 17.5 Å². The number of nitrogens with zero attached hydrogens (tertiary/aromatic N) is 2. The molecule has 0 aliphatic heterocycles. The number of anilines is 1. The molecule has 2 amide bonds. The maximum absolute atomic E-state index is 12.7. The van der Waals surface area contributed by atoms with E-state index in [1.54, 1.807) is 29.2 Å². The van der Waals surface area contributed by atoms with E-state index in [0.717, 1.165) is 12.8 Å². The van der Waals surface area contributed by atoms with Gasteiger partial charge < -0.3 is 10.2 Å². The van der Waals surface area contributed by atoms with Crippen LogP contribution < -0.4 is 5.32 Å². The summed E-state index contributed by atoms with van der Waals surface area (Å²) >= 11 is 0. The number of nitriles is 1. The van der Waals surface area contributed by atoms with E-state index in [4.69, 9.17) is 11.7 Å². The Hall–Kier alpha value is -3.24. The second-order valence-corrected chi connectivity index (χ2v) is 5.70. The average Bonchev–Trinajstić information content (AvgIpc) is 3.04. The van der Waals surface area contributed by atoms with Crippen molar-refractivity contribution in [3.8, 4) is 18.4 Å². The number of aryl methyl sites for hydroxylation is 1. The lowest BCUT2D eigenvalue weighted by atomic mass is 10.1. The third-order valence-electron chi connectivity index (χ3n) is 4.27. The molecule has 3 rings (SSSR count). The zero-order valence-electron chi connectivity index (χ0n) is 13.2. The quantitative estimate of drug-likeness (QED) is 0.878. The smallest absolute Gasteiger partial charge is 0.308 e. The van der Waals surface area contributed by atoms with Gasteiger partial charge in [0.1, 0.15) is 0 Å². The average molecular weight is 315 g/mol. The number of nitrogens with one attached hydrogen (secondary N) is 1. The Morgan fingerprint density at radius 2 is 2.00 bits per heavy atom. The Morgan fingerprint density at radius 3 is 2.71 bits per heavy atom. The van der Waals surface area contributed by atoms with Gasteiger partial charge in [-0.05, 0) is 48.2 Å². The zero-order chi connectivity index (χ0) is 16.9. The fraction of sp³-hybridized carbons (Fsp3) is 0.200. The van der Waals surface area contributed by atoms with E-state index in [2.05, 4.69) is 29.4 Å². The van der Waals surface area contributed by atoms with E-state index in [1.165, 1.54) is 11.1 Å². The summed E-state index contributed by atoms with van der Waals surface area (Å²) in [5.41, 5.74) is 3.64. The zero-order valence-corrected chi connectivity index (χ0v) is 13.2. The Balaban J connectivity index is 1.79. The van der Waals surface area contributed by atoms with Gasteiger partial charge in [0.15, 0.2) is 0 Å². The molecule has 118 valence electrons. The second kappa shape index (κ2) is 6.89. The molecule has 0 aromatic heterocycles.